The molecule has 2 aliphatic carbocycles. The summed E-state index contributed by atoms with van der Waals surface area (Å²) in [6.45, 7) is 11.1. The van der Waals surface area contributed by atoms with Crippen LogP contribution in [0.1, 0.15) is 60.0 Å². The molecular formula is C52H46N4OPt. The summed E-state index contributed by atoms with van der Waals surface area (Å²) in [5.41, 5.74) is 16.0. The Kier molecular flexibility index (Phi) is 8.98. The van der Waals surface area contributed by atoms with E-state index in [4.69, 9.17) is 9.72 Å². The summed E-state index contributed by atoms with van der Waals surface area (Å²) in [6.07, 6.45) is 6.32. The maximum absolute atomic E-state index is 6.72. The molecule has 4 bridgehead atoms. The van der Waals surface area contributed by atoms with Gasteiger partial charge in [0.15, 0.2) is 0 Å². The molecule has 0 radical (unpaired) electrons. The van der Waals surface area contributed by atoms with Crippen molar-refractivity contribution in [1.82, 2.24) is 18.5 Å². The van der Waals surface area contributed by atoms with Crippen molar-refractivity contribution < 1.29 is 24.1 Å². The third-order valence-electron chi connectivity index (χ3n) is 11.9. The van der Waals surface area contributed by atoms with Crippen LogP contribution in [-0.4, -0.2) is 18.5 Å². The number of imidazole rings is 1. The van der Waals surface area contributed by atoms with Gasteiger partial charge in [-0.1, -0.05) is 57.2 Å². The fourth-order valence-electron chi connectivity index (χ4n) is 8.87. The number of rotatable bonds is 5. The van der Waals surface area contributed by atoms with Gasteiger partial charge in [-0.3, -0.25) is 0 Å². The number of aromatic nitrogens is 4. The first-order chi connectivity index (χ1) is 28.1. The van der Waals surface area contributed by atoms with Crippen molar-refractivity contribution in [3.05, 3.63) is 183 Å². The van der Waals surface area contributed by atoms with Gasteiger partial charge in [-0.25, -0.2) is 0 Å². The molecule has 4 aromatic heterocycles. The van der Waals surface area contributed by atoms with E-state index in [2.05, 4.69) is 201 Å². The number of pyridine rings is 2. The second-order valence-electron chi connectivity index (χ2n) is 16.8. The number of ether oxygens (including phenoxy) is 1. The average Bonchev–Trinajstić information content (AvgIpc) is 3.73. The third-order valence-corrected chi connectivity index (χ3v) is 13.0. The van der Waals surface area contributed by atoms with Gasteiger partial charge in [0.25, 0.3) is 0 Å². The summed E-state index contributed by atoms with van der Waals surface area (Å²) in [6, 6.07) is 48.6. The molecule has 0 atom stereocenters. The first-order valence-electron chi connectivity index (χ1n) is 20.3. The van der Waals surface area contributed by atoms with Crippen molar-refractivity contribution in [2.24, 2.45) is 0 Å². The Morgan fingerprint density at radius 2 is 1.36 bits per heavy atom. The normalized spacial score (nSPS) is 13.1. The van der Waals surface area contributed by atoms with Gasteiger partial charge in [-0.15, -0.1) is 0 Å². The van der Waals surface area contributed by atoms with Gasteiger partial charge in [0.1, 0.15) is 0 Å². The van der Waals surface area contributed by atoms with Crippen LogP contribution in [0, 0.1) is 17.7 Å². The van der Waals surface area contributed by atoms with Crippen molar-refractivity contribution in [3.8, 4) is 34.1 Å². The summed E-state index contributed by atoms with van der Waals surface area (Å²) < 4.78 is 14.9. The van der Waals surface area contributed by atoms with Crippen LogP contribution >= 0.6 is 0 Å². The minimum atomic E-state index is 0.107. The van der Waals surface area contributed by atoms with Gasteiger partial charge in [0.05, 0.1) is 0 Å². The molecule has 4 aliphatic rings. The Labute approximate surface area is 350 Å². The van der Waals surface area contributed by atoms with E-state index < -0.39 is 0 Å². The fraction of sp³-hybridized carbons (Fsp3) is 0.192. The van der Waals surface area contributed by atoms with Crippen molar-refractivity contribution in [1.29, 1.82) is 0 Å². The third kappa shape index (κ3) is 6.46. The van der Waals surface area contributed by atoms with Gasteiger partial charge in [0, 0.05) is 11.3 Å². The molecule has 2 aliphatic heterocycles. The molecule has 0 N–H and O–H groups in total. The van der Waals surface area contributed by atoms with Crippen LogP contribution in [0.15, 0.2) is 140 Å². The van der Waals surface area contributed by atoms with Crippen LogP contribution in [0.25, 0.3) is 50.0 Å². The monoisotopic (exact) mass is 937 g/mol. The second kappa shape index (κ2) is 14.3. The Morgan fingerprint density at radius 1 is 0.638 bits per heavy atom. The van der Waals surface area contributed by atoms with Crippen LogP contribution in [-0.2, 0) is 50.5 Å². The number of hydrogen-bond donors (Lipinski definition) is 0. The van der Waals surface area contributed by atoms with E-state index >= 15 is 0 Å². The molecule has 0 fully saturated rings. The summed E-state index contributed by atoms with van der Waals surface area (Å²) in [5, 5.41) is 2.36. The topological polar surface area (TPSA) is 36.4 Å². The molecular weight excluding hydrogens is 892 g/mol. The predicted octanol–water partition coefficient (Wildman–Crippen LogP) is 12.6. The van der Waals surface area contributed by atoms with Crippen LogP contribution in [0.4, 0.5) is 0 Å². The first kappa shape index (κ1) is 36.6. The van der Waals surface area contributed by atoms with Crippen molar-refractivity contribution in [3.63, 3.8) is 0 Å². The molecule has 9 aromatic rings. The van der Waals surface area contributed by atoms with E-state index in [-0.39, 0.29) is 5.41 Å². The second-order valence-corrected chi connectivity index (χ2v) is 17.9. The van der Waals surface area contributed by atoms with E-state index in [0.29, 0.717) is 0 Å². The predicted molar refractivity (Wildman–Crippen MR) is 233 cm³/mol. The number of benzene rings is 5. The molecule has 5 nitrogen and oxygen atoms in total. The number of aryl methyl sites for hydroxylation is 6. The molecule has 13 rings (SSSR count). The molecule has 58 heavy (non-hydrogen) atoms. The van der Waals surface area contributed by atoms with Gasteiger partial charge in [0.2, 0.25) is 0 Å². The zero-order valence-electron chi connectivity index (χ0n) is 33.6. The number of hydrogen-bond acceptors (Lipinski definition) is 2. The molecule has 6 heteroatoms. The smallest absolute Gasteiger partial charge is 0.0579 e. The molecule has 0 saturated heterocycles. The first-order valence-corrected chi connectivity index (χ1v) is 21.4. The average molecular weight is 938 g/mol. The molecule has 5 aromatic carbocycles. The number of nitrogens with zero attached hydrogens (tertiary/aromatic N) is 4. The fourth-order valence-corrected chi connectivity index (χ4v) is 9.91. The van der Waals surface area contributed by atoms with Crippen LogP contribution in [0.5, 0.6) is 11.5 Å². The van der Waals surface area contributed by atoms with E-state index in [1.807, 2.05) is 6.07 Å². The Morgan fingerprint density at radius 3 is 2.12 bits per heavy atom. The maximum atomic E-state index is 6.72. The van der Waals surface area contributed by atoms with Gasteiger partial charge in [-0.05, 0) is 36.0 Å². The van der Waals surface area contributed by atoms with Crippen LogP contribution < -0.4 is 4.74 Å². The zero-order chi connectivity index (χ0) is 39.7. The van der Waals surface area contributed by atoms with Gasteiger partial charge in [-0.2, -0.15) is 0 Å². The molecule has 0 saturated carbocycles. The summed E-state index contributed by atoms with van der Waals surface area (Å²) in [5.74, 6) is 2.47. The van der Waals surface area contributed by atoms with E-state index in [1.165, 1.54) is 60.9 Å². The minimum Gasteiger partial charge on any atom is -0.0579 e. The Hall–Kier alpha value is -5.77. The van der Waals surface area contributed by atoms with Crippen LogP contribution in [0.3, 0.4) is 0 Å². The number of fused-ring (bicyclic) bond motifs is 3. The zero-order valence-corrected chi connectivity index (χ0v) is 35.9. The molecule has 0 amide bonds. The standard InChI is InChI=1S/C52H46N4O.Pt/c1-34-29-50(53-35(2)51(34)39-20-23-40(24-21-39)52(3,4)5)56-47-12-7-6-11-45(47)46-28-27-44(31-48(46)56)57-43-10-8-9-42(30-43)54-32-49-38-19-17-36-13-15-37(16-14-36)18-25-41(26-22-38)55(49)33-54;/h6-16,20-24,26-32H,17-19,25H2,1-5H3;. The Bertz CT molecular complexity index is 3080. The van der Waals surface area contributed by atoms with Crippen LogP contribution in [0.2, 0.25) is 0 Å². The van der Waals surface area contributed by atoms with Gasteiger partial charge < -0.3 is 0 Å². The molecule has 0 unspecified atom stereocenters. The molecule has 6 heterocycles. The quantitative estimate of drug-likeness (QED) is 0.172. The number of para-hydroxylation sites is 1. The minimum absolute atomic E-state index is 0.107. The summed E-state index contributed by atoms with van der Waals surface area (Å²) in [7, 11) is 0. The van der Waals surface area contributed by atoms with Crippen molar-refractivity contribution in [2.75, 3.05) is 0 Å². The van der Waals surface area contributed by atoms with Crippen molar-refractivity contribution in [2.45, 2.75) is 65.7 Å². The molecule has 290 valence electrons. The van der Waals surface area contributed by atoms with E-state index in [1.54, 1.807) is 0 Å². The SMILES string of the molecule is Cc1cc(-n2c3ccccc3c3ccc(Oc4cccc(-n5cc6c7ccc(n6[c]5=[Pt])CCc5ccc(cc5)CC7)c4)cc32)nc(C)c1-c1ccc(C(C)(C)C)cc1. The summed E-state index contributed by atoms with van der Waals surface area (Å²) in [4.78, 5) is 5.28. The van der Waals surface area contributed by atoms with E-state index in [9.17, 15) is 0 Å². The Balaban J connectivity index is 1.01. The summed E-state index contributed by atoms with van der Waals surface area (Å²) >= 11 is 2.50. The molecule has 0 spiro atoms. The van der Waals surface area contributed by atoms with Gasteiger partial charge >= 0.3 is 248 Å². The van der Waals surface area contributed by atoms with E-state index in [0.717, 1.165) is 69.2 Å². The van der Waals surface area contributed by atoms with Crippen molar-refractivity contribution >= 4 is 27.3 Å².